The van der Waals surface area contributed by atoms with Crippen LogP contribution in [-0.4, -0.2) is 56.2 Å². The second kappa shape index (κ2) is 8.47. The molecule has 168 valence electrons. The third kappa shape index (κ3) is 4.25. The van der Waals surface area contributed by atoms with Crippen molar-refractivity contribution in [1.29, 1.82) is 0 Å². The fourth-order valence-corrected chi connectivity index (χ4v) is 5.44. The zero-order chi connectivity index (χ0) is 22.3. The zero-order valence-electron chi connectivity index (χ0n) is 17.5. The van der Waals surface area contributed by atoms with Gasteiger partial charge in [-0.25, -0.2) is 14.2 Å². The number of aliphatic hydroxyl groups excluding tert-OH is 1. The average molecular weight is 475 g/mol. The van der Waals surface area contributed by atoms with Crippen molar-refractivity contribution in [3.63, 3.8) is 0 Å². The number of aryl methyl sites for hydroxylation is 1. The molecule has 0 radical (unpaired) electrons. The van der Waals surface area contributed by atoms with Gasteiger partial charge >= 0.3 is 0 Å². The van der Waals surface area contributed by atoms with Crippen LogP contribution in [0.1, 0.15) is 12.0 Å². The minimum Gasteiger partial charge on any atom is -0.483 e. The standard InChI is InChI=1S/C22H23ClN4O4S/c1-13-7-15(27-32(29)5-2-6-32)9-17-21(13)22(25-12-24-17)26-16-4-3-14(23)8-19(16)31-20-11-30-10-18(20)28/h3-4,7-9,12,18,20,28H,2,5-6,10-11H2,1H3,(H,24,25,26)/t18-,20-/m1/s1. The molecule has 2 aliphatic heterocycles. The van der Waals surface area contributed by atoms with Crippen molar-refractivity contribution in [2.24, 2.45) is 4.36 Å². The van der Waals surface area contributed by atoms with Crippen molar-refractivity contribution in [2.75, 3.05) is 30.0 Å². The van der Waals surface area contributed by atoms with Crippen LogP contribution in [0.15, 0.2) is 41.0 Å². The molecule has 2 aliphatic rings. The predicted octanol–water partition coefficient (Wildman–Crippen LogP) is 3.98. The van der Waals surface area contributed by atoms with Gasteiger partial charge in [0.05, 0.1) is 39.8 Å². The van der Waals surface area contributed by atoms with Crippen molar-refractivity contribution in [1.82, 2.24) is 9.97 Å². The van der Waals surface area contributed by atoms with E-state index in [1.54, 1.807) is 18.2 Å². The average Bonchev–Trinajstić information content (AvgIpc) is 3.13. The summed E-state index contributed by atoms with van der Waals surface area (Å²) >= 11 is 6.19. The lowest BCUT2D eigenvalue weighted by atomic mass is 10.1. The lowest BCUT2D eigenvalue weighted by Gasteiger charge is -2.20. The summed E-state index contributed by atoms with van der Waals surface area (Å²) in [4.78, 5) is 8.84. The summed E-state index contributed by atoms with van der Waals surface area (Å²) in [7, 11) is -2.11. The molecule has 0 spiro atoms. The van der Waals surface area contributed by atoms with Gasteiger partial charge < -0.3 is 19.9 Å². The lowest BCUT2D eigenvalue weighted by molar-refractivity contribution is 0.0738. The quantitative estimate of drug-likeness (QED) is 0.576. The molecule has 0 unspecified atom stereocenters. The van der Waals surface area contributed by atoms with E-state index in [1.807, 2.05) is 19.1 Å². The maximum Gasteiger partial charge on any atom is 0.150 e. The van der Waals surface area contributed by atoms with Crippen LogP contribution in [0.5, 0.6) is 5.75 Å². The van der Waals surface area contributed by atoms with Gasteiger partial charge in [-0.3, -0.25) is 0 Å². The van der Waals surface area contributed by atoms with E-state index in [1.165, 1.54) is 6.33 Å². The third-order valence-electron chi connectivity index (χ3n) is 5.59. The molecule has 32 heavy (non-hydrogen) atoms. The van der Waals surface area contributed by atoms with E-state index in [2.05, 4.69) is 19.6 Å². The van der Waals surface area contributed by atoms with Gasteiger partial charge in [0.2, 0.25) is 0 Å². The van der Waals surface area contributed by atoms with E-state index in [9.17, 15) is 9.32 Å². The fourth-order valence-electron chi connectivity index (χ4n) is 3.82. The van der Waals surface area contributed by atoms with Gasteiger partial charge in [0.1, 0.15) is 24.0 Å². The zero-order valence-corrected chi connectivity index (χ0v) is 19.0. The Balaban J connectivity index is 1.51. The van der Waals surface area contributed by atoms with Crippen molar-refractivity contribution in [3.8, 4) is 5.75 Å². The molecule has 0 aliphatic carbocycles. The second-order valence-electron chi connectivity index (χ2n) is 8.03. The molecule has 2 atom stereocenters. The molecule has 10 heteroatoms. The van der Waals surface area contributed by atoms with Crippen LogP contribution in [0.2, 0.25) is 5.02 Å². The van der Waals surface area contributed by atoms with Crippen LogP contribution < -0.4 is 10.1 Å². The van der Waals surface area contributed by atoms with Gasteiger partial charge in [-0.15, -0.1) is 0 Å². The number of benzene rings is 2. The van der Waals surface area contributed by atoms with Gasteiger partial charge in [-0.2, -0.15) is 4.36 Å². The first-order valence-electron chi connectivity index (χ1n) is 10.4. The van der Waals surface area contributed by atoms with Crippen LogP contribution in [0.25, 0.3) is 10.9 Å². The molecule has 2 N–H and O–H groups in total. The SMILES string of the molecule is Cc1cc(N=S2(=O)CCC2)cc2ncnc(Nc3ccc(Cl)cc3O[C@@H]3COC[C@H]3O)c12. The van der Waals surface area contributed by atoms with Gasteiger partial charge in [-0.1, -0.05) is 11.6 Å². The normalized spacial score (nSPS) is 21.8. The van der Waals surface area contributed by atoms with E-state index in [0.29, 0.717) is 51.6 Å². The Morgan fingerprint density at radius 3 is 2.81 bits per heavy atom. The number of fused-ring (bicyclic) bond motifs is 1. The summed E-state index contributed by atoms with van der Waals surface area (Å²) in [6, 6.07) is 8.99. The summed E-state index contributed by atoms with van der Waals surface area (Å²) in [6.45, 7) is 2.50. The smallest absolute Gasteiger partial charge is 0.150 e. The van der Waals surface area contributed by atoms with E-state index in [4.69, 9.17) is 21.1 Å². The third-order valence-corrected chi connectivity index (χ3v) is 8.23. The number of nitrogens with zero attached hydrogens (tertiary/aromatic N) is 3. The Hall–Kier alpha value is -2.46. The molecule has 3 heterocycles. The Morgan fingerprint density at radius 1 is 1.25 bits per heavy atom. The lowest BCUT2D eigenvalue weighted by Crippen LogP contribution is -2.29. The number of ether oxygens (including phenoxy) is 2. The number of halogens is 1. The van der Waals surface area contributed by atoms with Crippen LogP contribution in [0, 0.1) is 6.92 Å². The molecule has 0 bridgehead atoms. The number of aliphatic hydroxyl groups is 1. The summed E-state index contributed by atoms with van der Waals surface area (Å²) in [6.07, 6.45) is 1.26. The summed E-state index contributed by atoms with van der Waals surface area (Å²) < 4.78 is 28.3. The van der Waals surface area contributed by atoms with Crippen LogP contribution in [-0.2, 0) is 14.5 Å². The summed E-state index contributed by atoms with van der Waals surface area (Å²) in [5.41, 5.74) is 2.96. The van der Waals surface area contributed by atoms with E-state index >= 15 is 0 Å². The number of hydrogen-bond donors (Lipinski definition) is 2. The molecule has 5 rings (SSSR count). The van der Waals surface area contributed by atoms with Gasteiger partial charge in [0.25, 0.3) is 0 Å². The molecular weight excluding hydrogens is 452 g/mol. The molecule has 2 saturated heterocycles. The molecule has 1 aromatic heterocycles. The summed E-state index contributed by atoms with van der Waals surface area (Å²) in [5.74, 6) is 2.40. The topological polar surface area (TPSA) is 106 Å². The predicted molar refractivity (Wildman–Crippen MR) is 125 cm³/mol. The number of nitrogens with one attached hydrogen (secondary N) is 1. The van der Waals surface area contributed by atoms with Crippen LogP contribution in [0.3, 0.4) is 0 Å². The monoisotopic (exact) mass is 474 g/mol. The molecule has 3 aromatic rings. The van der Waals surface area contributed by atoms with Gasteiger partial charge in [0, 0.05) is 28.0 Å². The number of anilines is 2. The second-order valence-corrected chi connectivity index (χ2v) is 11.0. The highest BCUT2D eigenvalue weighted by molar-refractivity contribution is 7.95. The Labute approximate surface area is 191 Å². The van der Waals surface area contributed by atoms with Gasteiger partial charge in [-0.05, 0) is 43.2 Å². The van der Waals surface area contributed by atoms with Crippen molar-refractivity contribution >= 4 is 49.4 Å². The minimum absolute atomic E-state index is 0.240. The maximum atomic E-state index is 12.5. The van der Waals surface area contributed by atoms with Gasteiger partial charge in [0.15, 0.2) is 6.10 Å². The first-order valence-corrected chi connectivity index (χ1v) is 12.6. The summed E-state index contributed by atoms with van der Waals surface area (Å²) in [5, 5.41) is 14.7. The highest BCUT2D eigenvalue weighted by atomic mass is 35.5. The molecule has 2 fully saturated rings. The first-order chi connectivity index (χ1) is 15.4. The highest BCUT2D eigenvalue weighted by Gasteiger charge is 2.29. The fraction of sp³-hybridized carbons (Fsp3) is 0.364. The molecule has 0 amide bonds. The highest BCUT2D eigenvalue weighted by Crippen LogP contribution is 2.36. The Bertz CT molecular complexity index is 1300. The van der Waals surface area contributed by atoms with E-state index in [-0.39, 0.29) is 6.61 Å². The Kier molecular flexibility index (Phi) is 5.66. The largest absolute Gasteiger partial charge is 0.483 e. The Morgan fingerprint density at radius 2 is 2.09 bits per heavy atom. The first kappa shape index (κ1) is 21.4. The van der Waals surface area contributed by atoms with Crippen LogP contribution in [0.4, 0.5) is 17.2 Å². The van der Waals surface area contributed by atoms with Crippen molar-refractivity contribution in [3.05, 3.63) is 47.2 Å². The van der Waals surface area contributed by atoms with E-state index in [0.717, 1.165) is 17.4 Å². The molecule has 0 saturated carbocycles. The van der Waals surface area contributed by atoms with Crippen molar-refractivity contribution in [2.45, 2.75) is 25.6 Å². The molecular formula is C22H23ClN4O4S. The van der Waals surface area contributed by atoms with Crippen LogP contribution >= 0.6 is 11.6 Å². The number of rotatable bonds is 5. The number of hydrogen-bond acceptors (Lipinski definition) is 8. The molecule has 2 aromatic carbocycles. The minimum atomic E-state index is -2.11. The number of aromatic nitrogens is 2. The van der Waals surface area contributed by atoms with Crippen molar-refractivity contribution < 1.29 is 18.8 Å². The molecule has 8 nitrogen and oxygen atoms in total. The van der Waals surface area contributed by atoms with E-state index < -0.39 is 21.9 Å². The maximum absolute atomic E-state index is 12.5.